The summed E-state index contributed by atoms with van der Waals surface area (Å²) in [5.41, 5.74) is -0.329. The largest absolute Gasteiger partial charge is 0.434 e. The maximum absolute atomic E-state index is 13.2. The van der Waals surface area contributed by atoms with Crippen LogP contribution in [0.1, 0.15) is 6.55 Å². The van der Waals surface area contributed by atoms with Gasteiger partial charge in [-0.15, -0.1) is 5.10 Å². The van der Waals surface area contributed by atoms with E-state index in [2.05, 4.69) is 19.8 Å². The molecule has 0 fully saturated rings. The number of fused-ring (bicyclic) bond motifs is 1. The third-order valence-corrected chi connectivity index (χ3v) is 3.32. The predicted molar refractivity (Wildman–Crippen MR) is 73.6 cm³/mol. The van der Waals surface area contributed by atoms with Crippen LogP contribution in [0.15, 0.2) is 24.4 Å². The van der Waals surface area contributed by atoms with Gasteiger partial charge in [0.15, 0.2) is 5.15 Å². The van der Waals surface area contributed by atoms with Crippen LogP contribution in [0.5, 0.6) is 5.75 Å². The molecule has 11 heteroatoms. The van der Waals surface area contributed by atoms with Gasteiger partial charge in [-0.05, 0) is 12.1 Å². The van der Waals surface area contributed by atoms with E-state index in [-0.39, 0.29) is 27.1 Å². The van der Waals surface area contributed by atoms with Gasteiger partial charge in [-0.3, -0.25) is 0 Å². The Morgan fingerprint density at radius 1 is 1.17 bits per heavy atom. The van der Waals surface area contributed by atoms with Crippen molar-refractivity contribution in [1.29, 1.82) is 0 Å². The molecule has 5 nitrogen and oxygen atoms in total. The predicted octanol–water partition coefficient (Wildman–Crippen LogP) is 4.28. The fraction of sp³-hybridized carbons (Fsp3) is 0.154. The second-order valence-corrected chi connectivity index (χ2v) is 4.82. The van der Waals surface area contributed by atoms with E-state index >= 15 is 0 Å². The van der Waals surface area contributed by atoms with Crippen molar-refractivity contribution in [3.05, 3.63) is 35.4 Å². The number of benzene rings is 1. The lowest BCUT2D eigenvalue weighted by molar-refractivity contribution is -0.0496. The van der Waals surface area contributed by atoms with Crippen molar-refractivity contribution < 1.29 is 26.7 Å². The Kier molecular flexibility index (Phi) is 4.22. The molecule has 0 radical (unpaired) electrons. The van der Waals surface area contributed by atoms with Gasteiger partial charge in [0.1, 0.15) is 17.1 Å². The molecule has 0 aliphatic rings. The Balaban J connectivity index is 2.15. The van der Waals surface area contributed by atoms with E-state index in [0.717, 1.165) is 24.4 Å². The van der Waals surface area contributed by atoms with E-state index in [9.17, 15) is 22.0 Å². The molecular formula is C13H6ClF5N4O. The number of alkyl halides is 4. The monoisotopic (exact) mass is 364 g/mol. The zero-order valence-corrected chi connectivity index (χ0v) is 12.2. The van der Waals surface area contributed by atoms with E-state index in [1.807, 2.05) is 0 Å². The molecule has 24 heavy (non-hydrogen) atoms. The lowest BCUT2D eigenvalue weighted by Crippen LogP contribution is -2.04. The van der Waals surface area contributed by atoms with E-state index in [4.69, 9.17) is 11.6 Å². The summed E-state index contributed by atoms with van der Waals surface area (Å²) in [6.07, 6.45) is 1.10. The van der Waals surface area contributed by atoms with E-state index in [1.165, 1.54) is 0 Å². The molecule has 2 heterocycles. The maximum atomic E-state index is 13.2. The summed E-state index contributed by atoms with van der Waals surface area (Å²) in [4.78, 5) is 7.80. The van der Waals surface area contributed by atoms with Crippen LogP contribution < -0.4 is 4.74 Å². The average Bonchev–Trinajstić information content (AvgIpc) is 2.84. The zero-order valence-electron chi connectivity index (χ0n) is 11.4. The molecule has 2 aromatic heterocycles. The van der Waals surface area contributed by atoms with Gasteiger partial charge in [0, 0.05) is 11.6 Å². The van der Waals surface area contributed by atoms with Gasteiger partial charge >= 0.3 is 13.2 Å². The second kappa shape index (κ2) is 6.19. The molecule has 0 bridgehead atoms. The van der Waals surface area contributed by atoms with Crippen LogP contribution in [0.3, 0.4) is 0 Å². The Bertz CT molecular complexity index is 901. The molecule has 0 unspecified atom stereocenters. The molecule has 0 aliphatic heterocycles. The first kappa shape index (κ1) is 16.4. The highest BCUT2D eigenvalue weighted by atomic mass is 35.5. The summed E-state index contributed by atoms with van der Waals surface area (Å²) >= 11 is 5.77. The first-order chi connectivity index (χ1) is 11.4. The van der Waals surface area contributed by atoms with Gasteiger partial charge in [-0.1, -0.05) is 11.6 Å². The molecule has 3 aromatic rings. The van der Waals surface area contributed by atoms with Crippen LogP contribution in [-0.4, -0.2) is 26.4 Å². The van der Waals surface area contributed by atoms with Gasteiger partial charge in [0.25, 0.3) is 0 Å². The van der Waals surface area contributed by atoms with Crippen molar-refractivity contribution in [3.8, 4) is 17.0 Å². The van der Waals surface area contributed by atoms with E-state index < -0.39 is 29.9 Å². The molecule has 126 valence electrons. The van der Waals surface area contributed by atoms with Crippen molar-refractivity contribution in [2.75, 3.05) is 0 Å². The summed E-state index contributed by atoms with van der Waals surface area (Å²) in [6.45, 7) is -6.19. The molecule has 1 aromatic carbocycles. The highest BCUT2D eigenvalue weighted by Crippen LogP contribution is 2.32. The van der Waals surface area contributed by atoms with Gasteiger partial charge in [0.2, 0.25) is 5.65 Å². The van der Waals surface area contributed by atoms with Gasteiger partial charge in [-0.2, -0.15) is 22.2 Å². The minimum Gasteiger partial charge on any atom is -0.434 e. The summed E-state index contributed by atoms with van der Waals surface area (Å²) in [6, 6.07) is 2.90. The number of rotatable bonds is 4. The quantitative estimate of drug-likeness (QED) is 0.648. The Labute approximate surface area is 135 Å². The van der Waals surface area contributed by atoms with Gasteiger partial charge in [-0.25, -0.2) is 14.4 Å². The smallest absolute Gasteiger partial charge is 0.387 e. The molecule has 0 amide bonds. The van der Waals surface area contributed by atoms with Crippen LogP contribution in [0, 0.1) is 5.82 Å². The van der Waals surface area contributed by atoms with Crippen molar-refractivity contribution >= 4 is 22.8 Å². The Morgan fingerprint density at radius 3 is 2.58 bits per heavy atom. The number of ether oxygens (including phenoxy) is 1. The third kappa shape index (κ3) is 2.96. The lowest BCUT2D eigenvalue weighted by Gasteiger charge is -2.10. The molecule has 3 rings (SSSR count). The van der Waals surface area contributed by atoms with Crippen molar-refractivity contribution in [1.82, 2.24) is 19.7 Å². The Hall–Kier alpha value is -2.49. The summed E-state index contributed by atoms with van der Waals surface area (Å²) < 4.78 is 68.1. The number of halogens is 6. The fourth-order valence-corrected chi connectivity index (χ4v) is 2.25. The second-order valence-electron chi connectivity index (χ2n) is 4.46. The number of aromatic nitrogens is 4. The molecular weight excluding hydrogens is 359 g/mol. The first-order valence-corrected chi connectivity index (χ1v) is 6.68. The van der Waals surface area contributed by atoms with Gasteiger partial charge < -0.3 is 4.74 Å². The first-order valence-electron chi connectivity index (χ1n) is 6.30. The molecule has 0 saturated heterocycles. The third-order valence-electron chi connectivity index (χ3n) is 2.97. The number of hydrogen-bond donors (Lipinski definition) is 0. The highest BCUT2D eigenvalue weighted by Gasteiger charge is 2.20. The van der Waals surface area contributed by atoms with Crippen LogP contribution >= 0.6 is 11.6 Å². The standard InChI is InChI=1S/C13H6ClF5N4O/c14-10-9-11(22-23(10)12(16)17)20-4-7(21-9)6-2-1-5(15)3-8(6)24-13(18)19/h1-4,12-13H. The van der Waals surface area contributed by atoms with Gasteiger partial charge in [0.05, 0.1) is 11.9 Å². The number of nitrogens with zero attached hydrogens (tertiary/aromatic N) is 4. The minimum atomic E-state index is -3.19. The average molecular weight is 365 g/mol. The summed E-state index contributed by atoms with van der Waals surface area (Å²) in [7, 11) is 0. The van der Waals surface area contributed by atoms with Crippen LogP contribution in [-0.2, 0) is 0 Å². The lowest BCUT2D eigenvalue weighted by atomic mass is 10.1. The molecule has 0 N–H and O–H groups in total. The molecule has 0 atom stereocenters. The SMILES string of the molecule is Fc1ccc(-c2cnc3nn(C(F)F)c(Cl)c3n2)c(OC(F)F)c1. The van der Waals surface area contributed by atoms with Crippen molar-refractivity contribution in [3.63, 3.8) is 0 Å². The zero-order chi connectivity index (χ0) is 17.4. The minimum absolute atomic E-state index is 0.00744. The topological polar surface area (TPSA) is 52.8 Å². The van der Waals surface area contributed by atoms with Crippen molar-refractivity contribution in [2.24, 2.45) is 0 Å². The van der Waals surface area contributed by atoms with E-state index in [0.29, 0.717) is 0 Å². The number of hydrogen-bond acceptors (Lipinski definition) is 4. The van der Waals surface area contributed by atoms with Crippen molar-refractivity contribution in [2.45, 2.75) is 13.2 Å². The summed E-state index contributed by atoms with van der Waals surface area (Å²) in [5.74, 6) is -1.27. The molecule has 0 spiro atoms. The fourth-order valence-electron chi connectivity index (χ4n) is 2.01. The van der Waals surface area contributed by atoms with Crippen LogP contribution in [0.25, 0.3) is 22.4 Å². The molecule has 0 saturated carbocycles. The maximum Gasteiger partial charge on any atom is 0.387 e. The normalized spacial score (nSPS) is 11.7. The summed E-state index contributed by atoms with van der Waals surface area (Å²) in [5, 5.41) is 3.02. The van der Waals surface area contributed by atoms with Crippen LogP contribution in [0.2, 0.25) is 5.15 Å². The Morgan fingerprint density at radius 2 is 1.92 bits per heavy atom. The highest BCUT2D eigenvalue weighted by molar-refractivity contribution is 6.33. The van der Waals surface area contributed by atoms with E-state index in [1.54, 1.807) is 0 Å². The van der Waals surface area contributed by atoms with Crippen LogP contribution in [0.4, 0.5) is 22.0 Å². The molecule has 0 aliphatic carbocycles.